The van der Waals surface area contributed by atoms with Crippen LogP contribution in [0.3, 0.4) is 0 Å². The summed E-state index contributed by atoms with van der Waals surface area (Å²) in [7, 11) is 0. The van der Waals surface area contributed by atoms with Crippen molar-refractivity contribution >= 4 is 17.6 Å². The maximum Gasteiger partial charge on any atom is 0.309 e. The highest BCUT2D eigenvalue weighted by atomic mass is 35.5. The van der Waals surface area contributed by atoms with E-state index in [1.54, 1.807) is 0 Å². The number of halogens is 1. The maximum absolute atomic E-state index is 11.4. The Hall–Kier alpha value is -1.06. The molecule has 1 aliphatic carbocycles. The van der Waals surface area contributed by atoms with Gasteiger partial charge in [0.1, 0.15) is 6.10 Å². The molecular weight excluding hydrogens is 250 g/mol. The highest BCUT2D eigenvalue weighted by Gasteiger charge is 2.32. The van der Waals surface area contributed by atoms with Gasteiger partial charge in [-0.05, 0) is 37.5 Å². The van der Waals surface area contributed by atoms with Crippen LogP contribution in [0.1, 0.15) is 25.3 Å². The molecule has 3 nitrogen and oxygen atoms in total. The van der Waals surface area contributed by atoms with Gasteiger partial charge in [0, 0.05) is 18.1 Å². The standard InChI is InChI=1S/C14H18ClNO2/c1-10(18-14(17)12-4-5-12)8-16-9-11-2-6-13(15)7-3-11/h2-3,6-7,10,12,16H,4-5,8-9H2,1H3. The molecular formula is C14H18ClNO2. The van der Waals surface area contributed by atoms with Crippen molar-refractivity contribution in [3.05, 3.63) is 34.9 Å². The van der Waals surface area contributed by atoms with Crippen LogP contribution in [0.25, 0.3) is 0 Å². The van der Waals surface area contributed by atoms with Gasteiger partial charge in [0.25, 0.3) is 0 Å². The molecule has 1 aromatic rings. The van der Waals surface area contributed by atoms with Crippen molar-refractivity contribution in [1.29, 1.82) is 0 Å². The van der Waals surface area contributed by atoms with Gasteiger partial charge in [-0.15, -0.1) is 0 Å². The Morgan fingerprint density at radius 1 is 1.44 bits per heavy atom. The van der Waals surface area contributed by atoms with Crippen molar-refractivity contribution in [2.75, 3.05) is 6.54 Å². The molecule has 1 aromatic carbocycles. The Labute approximate surface area is 112 Å². The highest BCUT2D eigenvalue weighted by Crippen LogP contribution is 2.30. The zero-order valence-corrected chi connectivity index (χ0v) is 11.2. The Kier molecular flexibility index (Phi) is 4.61. The van der Waals surface area contributed by atoms with Crippen molar-refractivity contribution in [2.24, 2.45) is 5.92 Å². The number of benzene rings is 1. The monoisotopic (exact) mass is 267 g/mol. The van der Waals surface area contributed by atoms with Crippen LogP contribution in [0.5, 0.6) is 0 Å². The van der Waals surface area contributed by atoms with E-state index < -0.39 is 0 Å². The van der Waals surface area contributed by atoms with Crippen LogP contribution < -0.4 is 5.32 Å². The van der Waals surface area contributed by atoms with Gasteiger partial charge in [0.05, 0.1) is 5.92 Å². The molecule has 0 aliphatic heterocycles. The summed E-state index contributed by atoms with van der Waals surface area (Å²) in [6, 6.07) is 7.71. The number of hydrogen-bond donors (Lipinski definition) is 1. The van der Waals surface area contributed by atoms with Crippen LogP contribution in [0.2, 0.25) is 5.02 Å². The molecule has 0 radical (unpaired) electrons. The van der Waals surface area contributed by atoms with Crippen LogP contribution >= 0.6 is 11.6 Å². The summed E-state index contributed by atoms with van der Waals surface area (Å²) in [4.78, 5) is 11.4. The van der Waals surface area contributed by atoms with E-state index in [2.05, 4.69) is 5.32 Å². The van der Waals surface area contributed by atoms with Gasteiger partial charge in [0.15, 0.2) is 0 Å². The third-order valence-corrected chi connectivity index (χ3v) is 3.15. The molecule has 1 unspecified atom stereocenters. The quantitative estimate of drug-likeness (QED) is 0.806. The zero-order valence-electron chi connectivity index (χ0n) is 10.5. The van der Waals surface area contributed by atoms with Gasteiger partial charge in [-0.1, -0.05) is 23.7 Å². The minimum Gasteiger partial charge on any atom is -0.461 e. The topological polar surface area (TPSA) is 38.3 Å². The van der Waals surface area contributed by atoms with Crippen molar-refractivity contribution in [3.63, 3.8) is 0 Å². The molecule has 1 aliphatic rings. The molecule has 4 heteroatoms. The Morgan fingerprint density at radius 2 is 2.11 bits per heavy atom. The predicted molar refractivity (Wildman–Crippen MR) is 71.4 cm³/mol. The largest absolute Gasteiger partial charge is 0.461 e. The van der Waals surface area contributed by atoms with Gasteiger partial charge in [-0.25, -0.2) is 0 Å². The van der Waals surface area contributed by atoms with E-state index in [9.17, 15) is 4.79 Å². The van der Waals surface area contributed by atoms with Crippen molar-refractivity contribution in [2.45, 2.75) is 32.4 Å². The molecule has 0 bridgehead atoms. The molecule has 2 rings (SSSR count). The summed E-state index contributed by atoms with van der Waals surface area (Å²) in [5, 5.41) is 4.01. The van der Waals surface area contributed by atoms with Crippen molar-refractivity contribution in [1.82, 2.24) is 5.32 Å². The molecule has 1 saturated carbocycles. The summed E-state index contributed by atoms with van der Waals surface area (Å²) < 4.78 is 5.31. The van der Waals surface area contributed by atoms with E-state index in [0.717, 1.165) is 24.4 Å². The minimum absolute atomic E-state index is 0.0456. The summed E-state index contributed by atoms with van der Waals surface area (Å²) in [5.41, 5.74) is 1.17. The molecule has 1 atom stereocenters. The Bertz CT molecular complexity index is 401. The van der Waals surface area contributed by atoms with E-state index in [-0.39, 0.29) is 18.0 Å². The van der Waals surface area contributed by atoms with Crippen LogP contribution in [-0.4, -0.2) is 18.6 Å². The lowest BCUT2D eigenvalue weighted by atomic mass is 10.2. The lowest BCUT2D eigenvalue weighted by Gasteiger charge is -2.14. The van der Waals surface area contributed by atoms with Gasteiger partial charge in [0.2, 0.25) is 0 Å². The second-order valence-electron chi connectivity index (χ2n) is 4.78. The number of hydrogen-bond acceptors (Lipinski definition) is 3. The minimum atomic E-state index is -0.0783. The molecule has 18 heavy (non-hydrogen) atoms. The number of ether oxygens (including phenoxy) is 1. The normalized spacial score (nSPS) is 16.3. The third kappa shape index (κ3) is 4.31. The Balaban J connectivity index is 1.64. The summed E-state index contributed by atoms with van der Waals surface area (Å²) in [6.45, 7) is 3.33. The summed E-state index contributed by atoms with van der Waals surface area (Å²) in [5.74, 6) is 0.125. The van der Waals surface area contributed by atoms with Crippen LogP contribution in [0.15, 0.2) is 24.3 Å². The fraction of sp³-hybridized carbons (Fsp3) is 0.500. The first-order valence-electron chi connectivity index (χ1n) is 6.31. The average Bonchev–Trinajstić information content (AvgIpc) is 3.15. The van der Waals surface area contributed by atoms with E-state index >= 15 is 0 Å². The predicted octanol–water partition coefficient (Wildman–Crippen LogP) is 2.77. The summed E-state index contributed by atoms with van der Waals surface area (Å²) in [6.07, 6.45) is 1.90. The second kappa shape index (κ2) is 6.21. The zero-order chi connectivity index (χ0) is 13.0. The number of carbonyl (C=O) groups is 1. The molecule has 0 spiro atoms. The third-order valence-electron chi connectivity index (χ3n) is 2.90. The van der Waals surface area contributed by atoms with E-state index in [1.807, 2.05) is 31.2 Å². The highest BCUT2D eigenvalue weighted by molar-refractivity contribution is 6.30. The first-order valence-corrected chi connectivity index (χ1v) is 6.68. The number of esters is 1. The van der Waals surface area contributed by atoms with Gasteiger partial charge < -0.3 is 10.1 Å². The number of rotatable bonds is 6. The lowest BCUT2D eigenvalue weighted by Crippen LogP contribution is -2.29. The lowest BCUT2D eigenvalue weighted by molar-refractivity contribution is -0.149. The SMILES string of the molecule is CC(CNCc1ccc(Cl)cc1)OC(=O)C1CC1. The first kappa shape index (κ1) is 13.4. The fourth-order valence-corrected chi connectivity index (χ4v) is 1.80. The first-order chi connectivity index (χ1) is 8.65. The summed E-state index contributed by atoms with van der Waals surface area (Å²) >= 11 is 5.81. The molecule has 0 saturated heterocycles. The van der Waals surface area contributed by atoms with Crippen molar-refractivity contribution in [3.8, 4) is 0 Å². The number of nitrogens with one attached hydrogen (secondary N) is 1. The van der Waals surface area contributed by atoms with Gasteiger partial charge in [-0.2, -0.15) is 0 Å². The molecule has 0 heterocycles. The molecule has 0 amide bonds. The smallest absolute Gasteiger partial charge is 0.309 e. The van der Waals surface area contributed by atoms with E-state index in [0.29, 0.717) is 6.54 Å². The molecule has 0 aromatic heterocycles. The van der Waals surface area contributed by atoms with Gasteiger partial charge >= 0.3 is 5.97 Å². The van der Waals surface area contributed by atoms with Crippen molar-refractivity contribution < 1.29 is 9.53 Å². The maximum atomic E-state index is 11.4. The van der Waals surface area contributed by atoms with Crippen LogP contribution in [0, 0.1) is 5.92 Å². The van der Waals surface area contributed by atoms with Crippen LogP contribution in [0.4, 0.5) is 0 Å². The molecule has 98 valence electrons. The average molecular weight is 268 g/mol. The molecule has 1 fully saturated rings. The number of carbonyl (C=O) groups excluding carboxylic acids is 1. The van der Waals surface area contributed by atoms with Crippen LogP contribution in [-0.2, 0) is 16.1 Å². The Morgan fingerprint density at radius 3 is 2.72 bits per heavy atom. The van der Waals surface area contributed by atoms with E-state index in [1.165, 1.54) is 5.56 Å². The molecule has 1 N–H and O–H groups in total. The van der Waals surface area contributed by atoms with Gasteiger partial charge in [-0.3, -0.25) is 4.79 Å². The van der Waals surface area contributed by atoms with E-state index in [4.69, 9.17) is 16.3 Å². The fourth-order valence-electron chi connectivity index (χ4n) is 1.68. The second-order valence-corrected chi connectivity index (χ2v) is 5.22.